The molecular weight excluding hydrogens is 193 g/mol. The molecule has 2 heteroatoms. The van der Waals surface area contributed by atoms with Crippen molar-refractivity contribution in [2.75, 3.05) is 13.1 Å². The van der Waals surface area contributed by atoms with Gasteiger partial charge in [-0.2, -0.15) is 0 Å². The van der Waals surface area contributed by atoms with Gasteiger partial charge in [-0.15, -0.1) is 0 Å². The monoisotopic (exact) mass is 205 g/mol. The van der Waals surface area contributed by atoms with Gasteiger partial charge in [-0.25, -0.2) is 0 Å². The molecule has 0 bridgehead atoms. The Morgan fingerprint density at radius 3 is 2.14 bits per heavy atom. The molecule has 7 heavy (non-hydrogen) atoms. The molecule has 0 amide bonds. The standard InChI is InChI=1S/C5H10N.Sn.H/c1-2-4-6-5-3-1;;/h1,6H,2-5H2;;. The van der Waals surface area contributed by atoms with Crippen molar-refractivity contribution in [3.05, 3.63) is 0 Å². The predicted molar refractivity (Wildman–Crippen MR) is 33.0 cm³/mol. The van der Waals surface area contributed by atoms with Gasteiger partial charge >= 0.3 is 57.7 Å². The first-order chi connectivity index (χ1) is 3.39. The molecule has 0 atom stereocenters. The third-order valence-electron chi connectivity index (χ3n) is 1.38. The van der Waals surface area contributed by atoms with Gasteiger partial charge in [0.1, 0.15) is 0 Å². The second kappa shape index (κ2) is 2.92. The summed E-state index contributed by atoms with van der Waals surface area (Å²) < 4.78 is 1.10. The number of nitrogens with one attached hydrogen (secondary N) is 1. The quantitative estimate of drug-likeness (QED) is 0.550. The Morgan fingerprint density at radius 1 is 1.29 bits per heavy atom. The topological polar surface area (TPSA) is 12.0 Å². The van der Waals surface area contributed by atoms with Crippen molar-refractivity contribution in [1.29, 1.82) is 0 Å². The Hall–Kier alpha value is 0.759. The van der Waals surface area contributed by atoms with Gasteiger partial charge in [0.25, 0.3) is 0 Å². The van der Waals surface area contributed by atoms with Gasteiger partial charge in [-0.3, -0.25) is 0 Å². The van der Waals surface area contributed by atoms with Crippen molar-refractivity contribution in [1.82, 2.24) is 5.32 Å². The third-order valence-corrected chi connectivity index (χ3v) is 3.29. The van der Waals surface area contributed by atoms with Crippen LogP contribution in [0.4, 0.5) is 0 Å². The van der Waals surface area contributed by atoms with Crippen LogP contribution in [0.1, 0.15) is 12.8 Å². The summed E-state index contributed by atoms with van der Waals surface area (Å²) in [4.78, 5) is 0. The molecule has 1 heterocycles. The molecule has 0 aromatic rings. The molecule has 1 N–H and O–H groups in total. The maximum absolute atomic E-state index is 3.34. The zero-order valence-corrected chi connectivity index (χ0v) is 7.78. The van der Waals surface area contributed by atoms with Crippen LogP contribution in [0.5, 0.6) is 0 Å². The SMILES string of the molecule is [SnH][CH]1CCNCC1. The zero-order chi connectivity index (χ0) is 5.11. The van der Waals surface area contributed by atoms with E-state index in [0.29, 0.717) is 0 Å². The van der Waals surface area contributed by atoms with E-state index < -0.39 is 0 Å². The number of rotatable bonds is 0. The van der Waals surface area contributed by atoms with E-state index in [1.54, 1.807) is 0 Å². The Labute approximate surface area is 58.0 Å². The van der Waals surface area contributed by atoms with Gasteiger partial charge in [-0.05, 0) is 0 Å². The van der Waals surface area contributed by atoms with E-state index in [9.17, 15) is 0 Å². The van der Waals surface area contributed by atoms with Crippen LogP contribution in [-0.2, 0) is 0 Å². The van der Waals surface area contributed by atoms with E-state index in [2.05, 4.69) is 5.32 Å². The molecule has 1 nitrogen and oxygen atoms in total. The summed E-state index contributed by atoms with van der Waals surface area (Å²) >= 11 is 1.47. The van der Waals surface area contributed by atoms with Crippen molar-refractivity contribution in [3.63, 3.8) is 0 Å². The van der Waals surface area contributed by atoms with E-state index in [1.807, 2.05) is 0 Å². The Morgan fingerprint density at radius 2 is 1.86 bits per heavy atom. The van der Waals surface area contributed by atoms with Crippen LogP contribution in [-0.4, -0.2) is 35.6 Å². The molecule has 1 saturated heterocycles. The van der Waals surface area contributed by atoms with E-state index in [-0.39, 0.29) is 0 Å². The van der Waals surface area contributed by atoms with Crippen LogP contribution in [0.3, 0.4) is 0 Å². The first-order valence-corrected chi connectivity index (χ1v) is 4.76. The first-order valence-electron chi connectivity index (χ1n) is 2.86. The van der Waals surface area contributed by atoms with Crippen LogP contribution >= 0.6 is 0 Å². The first kappa shape index (κ1) is 5.89. The average Bonchev–Trinajstić information content (AvgIpc) is 1.69. The molecule has 2 radical (unpaired) electrons. The van der Waals surface area contributed by atoms with Crippen molar-refractivity contribution < 1.29 is 0 Å². The Balaban J connectivity index is 2.12. The van der Waals surface area contributed by atoms with Crippen LogP contribution in [0, 0.1) is 0 Å². The predicted octanol–water partition coefficient (Wildman–Crippen LogP) is 0.0591. The molecule has 1 rings (SSSR count). The molecule has 0 aromatic heterocycles. The van der Waals surface area contributed by atoms with Crippen LogP contribution < -0.4 is 5.32 Å². The maximum atomic E-state index is 3.34. The summed E-state index contributed by atoms with van der Waals surface area (Å²) in [5, 5.41) is 3.34. The Bertz CT molecular complexity index is 50.0. The number of hydrogen-bond acceptors (Lipinski definition) is 1. The molecule has 0 saturated carbocycles. The molecule has 0 spiro atoms. The van der Waals surface area contributed by atoms with Gasteiger partial charge in [-0.1, -0.05) is 0 Å². The molecule has 1 aliphatic heterocycles. The van der Waals surface area contributed by atoms with Gasteiger partial charge < -0.3 is 0 Å². The van der Waals surface area contributed by atoms with Crippen LogP contribution in [0.15, 0.2) is 0 Å². The van der Waals surface area contributed by atoms with Crippen LogP contribution in [0.2, 0.25) is 3.93 Å². The van der Waals surface area contributed by atoms with Gasteiger partial charge in [0.2, 0.25) is 0 Å². The fourth-order valence-electron chi connectivity index (χ4n) is 0.844. The fraction of sp³-hybridized carbons (Fsp3) is 1.00. The summed E-state index contributed by atoms with van der Waals surface area (Å²) in [5.41, 5.74) is 0. The minimum atomic E-state index is 1.10. The van der Waals surface area contributed by atoms with E-state index in [4.69, 9.17) is 0 Å². The van der Waals surface area contributed by atoms with E-state index in [1.165, 1.54) is 48.5 Å². The molecule has 0 aromatic carbocycles. The summed E-state index contributed by atoms with van der Waals surface area (Å²) in [6.45, 7) is 2.54. The van der Waals surface area contributed by atoms with E-state index >= 15 is 0 Å². The van der Waals surface area contributed by atoms with Gasteiger partial charge in [0.05, 0.1) is 0 Å². The molecule has 0 unspecified atom stereocenters. The normalized spacial score (nSPS) is 25.3. The van der Waals surface area contributed by atoms with Crippen molar-refractivity contribution >= 4 is 22.5 Å². The van der Waals surface area contributed by atoms with E-state index in [0.717, 1.165) is 3.93 Å². The summed E-state index contributed by atoms with van der Waals surface area (Å²) in [5.74, 6) is 0. The summed E-state index contributed by atoms with van der Waals surface area (Å²) in [6.07, 6.45) is 2.87. The zero-order valence-electron chi connectivity index (χ0n) is 4.48. The second-order valence-corrected chi connectivity index (χ2v) is 4.78. The molecule has 1 fully saturated rings. The van der Waals surface area contributed by atoms with Gasteiger partial charge in [0.15, 0.2) is 0 Å². The molecular formula is C5H11NSn. The van der Waals surface area contributed by atoms with Crippen LogP contribution in [0.25, 0.3) is 0 Å². The van der Waals surface area contributed by atoms with Gasteiger partial charge in [0, 0.05) is 0 Å². The van der Waals surface area contributed by atoms with Crippen molar-refractivity contribution in [2.45, 2.75) is 16.8 Å². The second-order valence-electron chi connectivity index (χ2n) is 2.09. The molecule has 1 aliphatic rings. The minimum absolute atomic E-state index is 1.10. The molecule has 40 valence electrons. The number of hydrogen-bond donors (Lipinski definition) is 1. The summed E-state index contributed by atoms with van der Waals surface area (Å²) in [7, 11) is 0. The van der Waals surface area contributed by atoms with Crippen molar-refractivity contribution in [2.24, 2.45) is 0 Å². The molecule has 0 aliphatic carbocycles. The average molecular weight is 204 g/mol. The van der Waals surface area contributed by atoms with Crippen molar-refractivity contribution in [3.8, 4) is 0 Å². The third kappa shape index (κ3) is 2.00. The Kier molecular flexibility index (Phi) is 2.46. The number of piperidine rings is 1. The summed E-state index contributed by atoms with van der Waals surface area (Å²) in [6, 6.07) is 0. The fourth-order valence-corrected chi connectivity index (χ4v) is 1.80.